The highest BCUT2D eigenvalue weighted by Gasteiger charge is 2.11. The zero-order valence-corrected chi connectivity index (χ0v) is 26.8. The summed E-state index contributed by atoms with van der Waals surface area (Å²) in [5, 5.41) is 5.45. The van der Waals surface area contributed by atoms with Crippen molar-refractivity contribution in [2.45, 2.75) is 0 Å². The molecule has 5 nitrogen and oxygen atoms in total. The van der Waals surface area contributed by atoms with E-state index >= 15 is 0 Å². The summed E-state index contributed by atoms with van der Waals surface area (Å²) in [6.07, 6.45) is 3.66. The van der Waals surface area contributed by atoms with Crippen LogP contribution in [0.2, 0.25) is 0 Å². The SMILES string of the molecule is c1cc(-c2ccc3ccc(-c4ccc5ccc(-c6cccc7cccnc67)nc5c4)cc3n2)cc(-c2ccc3ccc4cccnc4c3n2)c1. The number of hydrogen-bond acceptors (Lipinski definition) is 5. The first-order chi connectivity index (χ1) is 24.7. The Bertz CT molecular complexity index is 2950. The topological polar surface area (TPSA) is 64.5 Å². The van der Waals surface area contributed by atoms with Gasteiger partial charge in [0.05, 0.1) is 44.7 Å². The van der Waals surface area contributed by atoms with Crippen molar-refractivity contribution >= 4 is 54.5 Å². The van der Waals surface area contributed by atoms with Gasteiger partial charge in [-0.15, -0.1) is 0 Å². The van der Waals surface area contributed by atoms with Crippen molar-refractivity contribution in [3.8, 4) is 44.9 Å². The van der Waals surface area contributed by atoms with Gasteiger partial charge in [0.25, 0.3) is 0 Å². The number of hydrogen-bond donors (Lipinski definition) is 0. The Hall–Kier alpha value is -6.85. The molecule has 0 aliphatic heterocycles. The van der Waals surface area contributed by atoms with Crippen LogP contribution in [0.3, 0.4) is 0 Å². The summed E-state index contributed by atoms with van der Waals surface area (Å²) >= 11 is 0. The van der Waals surface area contributed by atoms with Crippen molar-refractivity contribution in [1.29, 1.82) is 0 Å². The second-order valence-electron chi connectivity index (χ2n) is 12.6. The first-order valence-electron chi connectivity index (χ1n) is 16.7. The molecule has 0 amide bonds. The highest BCUT2D eigenvalue weighted by atomic mass is 14.8. The molecule has 10 rings (SSSR count). The average Bonchev–Trinajstić information content (AvgIpc) is 3.19. The maximum absolute atomic E-state index is 5.15. The highest BCUT2D eigenvalue weighted by Crippen LogP contribution is 2.32. The molecule has 0 aliphatic rings. The fourth-order valence-corrected chi connectivity index (χ4v) is 6.94. The monoisotopic (exact) mass is 637 g/mol. The predicted octanol–water partition coefficient (Wildman–Crippen LogP) is 11.1. The van der Waals surface area contributed by atoms with E-state index in [2.05, 4.69) is 149 Å². The molecule has 50 heavy (non-hydrogen) atoms. The molecule has 0 N–H and O–H groups in total. The van der Waals surface area contributed by atoms with Crippen molar-refractivity contribution in [3.63, 3.8) is 0 Å². The largest absolute Gasteiger partial charge is 0.256 e. The molecule has 10 aromatic rings. The van der Waals surface area contributed by atoms with Gasteiger partial charge in [-0.1, -0.05) is 103 Å². The van der Waals surface area contributed by atoms with Gasteiger partial charge >= 0.3 is 0 Å². The number of rotatable bonds is 4. The van der Waals surface area contributed by atoms with Crippen molar-refractivity contribution in [2.75, 3.05) is 0 Å². The van der Waals surface area contributed by atoms with Gasteiger partial charge in [-0.3, -0.25) is 9.97 Å². The lowest BCUT2D eigenvalue weighted by molar-refractivity contribution is 1.36. The van der Waals surface area contributed by atoms with E-state index in [9.17, 15) is 0 Å². The van der Waals surface area contributed by atoms with Gasteiger partial charge < -0.3 is 0 Å². The lowest BCUT2D eigenvalue weighted by Gasteiger charge is -2.10. The summed E-state index contributed by atoms with van der Waals surface area (Å²) in [4.78, 5) is 24.6. The number of benzene rings is 5. The first-order valence-corrected chi connectivity index (χ1v) is 16.7. The van der Waals surface area contributed by atoms with E-state index in [1.165, 1.54) is 0 Å². The van der Waals surface area contributed by atoms with Crippen molar-refractivity contribution in [2.24, 2.45) is 0 Å². The number of para-hydroxylation sites is 1. The Morgan fingerprint density at radius 1 is 0.300 bits per heavy atom. The van der Waals surface area contributed by atoms with Crippen LogP contribution in [0, 0.1) is 0 Å². The lowest BCUT2D eigenvalue weighted by Crippen LogP contribution is -1.91. The van der Waals surface area contributed by atoms with Crippen LogP contribution in [0.1, 0.15) is 0 Å². The highest BCUT2D eigenvalue weighted by molar-refractivity contribution is 6.03. The number of aromatic nitrogens is 5. The second kappa shape index (κ2) is 11.4. The van der Waals surface area contributed by atoms with Gasteiger partial charge in [0, 0.05) is 56.0 Å². The third-order valence-electron chi connectivity index (χ3n) is 9.51. The molecule has 5 aromatic heterocycles. The van der Waals surface area contributed by atoms with Crippen LogP contribution in [-0.4, -0.2) is 24.9 Å². The lowest BCUT2D eigenvalue weighted by atomic mass is 10.00. The predicted molar refractivity (Wildman–Crippen MR) is 205 cm³/mol. The van der Waals surface area contributed by atoms with Gasteiger partial charge in [0.15, 0.2) is 0 Å². The quantitative estimate of drug-likeness (QED) is 0.180. The molecule has 0 atom stereocenters. The van der Waals surface area contributed by atoms with Crippen molar-refractivity contribution in [1.82, 2.24) is 24.9 Å². The van der Waals surface area contributed by atoms with Gasteiger partial charge in [-0.2, -0.15) is 0 Å². The summed E-state index contributed by atoms with van der Waals surface area (Å²) in [5.74, 6) is 0. The van der Waals surface area contributed by atoms with E-state index in [-0.39, 0.29) is 0 Å². The smallest absolute Gasteiger partial charge is 0.0972 e. The Morgan fingerprint density at radius 2 is 0.800 bits per heavy atom. The molecule has 0 fully saturated rings. The molecule has 0 unspecified atom stereocenters. The fourth-order valence-electron chi connectivity index (χ4n) is 6.94. The zero-order valence-electron chi connectivity index (χ0n) is 26.8. The van der Waals surface area contributed by atoms with E-state index < -0.39 is 0 Å². The number of fused-ring (bicyclic) bond motifs is 6. The molecular weight excluding hydrogens is 611 g/mol. The van der Waals surface area contributed by atoms with Crippen molar-refractivity contribution in [3.05, 3.63) is 164 Å². The normalized spacial score (nSPS) is 11.6. The van der Waals surface area contributed by atoms with Crippen LogP contribution < -0.4 is 0 Å². The molecule has 0 radical (unpaired) electrons. The second-order valence-corrected chi connectivity index (χ2v) is 12.6. The summed E-state index contributed by atoms with van der Waals surface area (Å²) < 4.78 is 0. The maximum atomic E-state index is 5.15. The summed E-state index contributed by atoms with van der Waals surface area (Å²) in [6, 6.07) is 52.6. The minimum atomic E-state index is 0.908. The minimum Gasteiger partial charge on any atom is -0.256 e. The van der Waals surface area contributed by atoms with Gasteiger partial charge in [0.1, 0.15) is 0 Å². The maximum Gasteiger partial charge on any atom is 0.0972 e. The van der Waals surface area contributed by atoms with Crippen LogP contribution in [0.5, 0.6) is 0 Å². The molecular formula is C45H27N5. The van der Waals surface area contributed by atoms with Crippen LogP contribution in [0.25, 0.3) is 99.4 Å². The van der Waals surface area contributed by atoms with E-state index in [0.717, 1.165) is 99.4 Å². The Balaban J connectivity index is 1.01. The summed E-state index contributed by atoms with van der Waals surface area (Å²) in [5.41, 5.74) is 12.7. The number of nitrogens with zero attached hydrogens (tertiary/aromatic N) is 5. The fraction of sp³-hybridized carbons (Fsp3) is 0. The standard InChI is InChI=1S/C45H27N5/c1-6-35(25-36(7-1)39-21-19-32-14-13-31-9-4-24-47-44(31)45(32)50-39)38-20-17-28-11-15-33(26-41(28)48-38)34-16-12-29-18-22-40(49-42(29)27-34)37-10-2-5-30-8-3-23-46-43(30)37/h1-27H. The van der Waals surface area contributed by atoms with Crippen LogP contribution >= 0.6 is 0 Å². The molecule has 232 valence electrons. The van der Waals surface area contributed by atoms with E-state index in [1.54, 1.807) is 0 Å². The molecule has 5 aromatic carbocycles. The van der Waals surface area contributed by atoms with E-state index in [1.807, 2.05) is 24.5 Å². The van der Waals surface area contributed by atoms with Gasteiger partial charge in [0.2, 0.25) is 0 Å². The Morgan fingerprint density at radius 3 is 1.52 bits per heavy atom. The first kappa shape index (κ1) is 28.2. The molecule has 5 heterocycles. The van der Waals surface area contributed by atoms with Crippen LogP contribution in [-0.2, 0) is 0 Å². The third kappa shape index (κ3) is 4.83. The molecule has 0 bridgehead atoms. The van der Waals surface area contributed by atoms with Gasteiger partial charge in [-0.05, 0) is 59.7 Å². The van der Waals surface area contributed by atoms with Crippen LogP contribution in [0.15, 0.2) is 164 Å². The molecule has 0 spiro atoms. The van der Waals surface area contributed by atoms with E-state index in [0.29, 0.717) is 0 Å². The molecule has 0 saturated carbocycles. The van der Waals surface area contributed by atoms with Crippen molar-refractivity contribution < 1.29 is 0 Å². The minimum absolute atomic E-state index is 0.908. The van der Waals surface area contributed by atoms with Crippen LogP contribution in [0.4, 0.5) is 0 Å². The molecule has 0 aliphatic carbocycles. The van der Waals surface area contributed by atoms with E-state index in [4.69, 9.17) is 15.0 Å². The zero-order chi connectivity index (χ0) is 33.0. The Labute approximate surface area is 287 Å². The Kier molecular flexibility index (Phi) is 6.42. The third-order valence-corrected chi connectivity index (χ3v) is 9.51. The van der Waals surface area contributed by atoms with Gasteiger partial charge in [-0.25, -0.2) is 15.0 Å². The number of pyridine rings is 5. The summed E-state index contributed by atoms with van der Waals surface area (Å²) in [7, 11) is 0. The molecule has 0 saturated heterocycles. The average molecular weight is 638 g/mol. The molecule has 5 heteroatoms. The summed E-state index contributed by atoms with van der Waals surface area (Å²) in [6.45, 7) is 0.